The Morgan fingerprint density at radius 2 is 2.33 bits per heavy atom. The Balaban J connectivity index is 0.00000220. The zero-order valence-electron chi connectivity index (χ0n) is 12.7. The zero-order chi connectivity index (χ0) is 14.6. The highest BCUT2D eigenvalue weighted by atomic mass is 127. The van der Waals surface area contributed by atoms with E-state index in [0.29, 0.717) is 12.5 Å². The molecule has 3 N–H and O–H groups in total. The molecule has 0 aliphatic carbocycles. The fraction of sp³-hybridized carbons (Fsp3) is 0.643. The van der Waals surface area contributed by atoms with E-state index in [0.717, 1.165) is 29.4 Å². The summed E-state index contributed by atoms with van der Waals surface area (Å²) in [7, 11) is 1.73. The number of nitrogens with zero attached hydrogens (tertiary/aromatic N) is 1. The highest BCUT2D eigenvalue weighted by molar-refractivity contribution is 14.0. The Morgan fingerprint density at radius 1 is 1.57 bits per heavy atom. The standard InChI is InChI=1S/C14H23N3O2S.HI/c1-10-4-5-12(19-10)11(2)17-13(15-3)16-8-14(18)6-7-20-9-14;/h4-5,11,18H,6-9H2,1-3H3,(H2,15,16,17);1H. The van der Waals surface area contributed by atoms with Gasteiger partial charge in [0.25, 0.3) is 0 Å². The molecule has 2 unspecified atom stereocenters. The number of aryl methyl sites for hydroxylation is 1. The summed E-state index contributed by atoms with van der Waals surface area (Å²) >= 11 is 1.79. The largest absolute Gasteiger partial charge is 0.464 e. The molecule has 1 aromatic heterocycles. The summed E-state index contributed by atoms with van der Waals surface area (Å²) in [6.45, 7) is 4.46. The van der Waals surface area contributed by atoms with E-state index in [1.165, 1.54) is 0 Å². The quantitative estimate of drug-likeness (QED) is 0.393. The molecule has 2 heterocycles. The number of nitrogens with one attached hydrogen (secondary N) is 2. The summed E-state index contributed by atoms with van der Waals surface area (Å²) in [5, 5.41) is 16.8. The summed E-state index contributed by atoms with van der Waals surface area (Å²) in [6.07, 6.45) is 0.828. The number of rotatable bonds is 4. The van der Waals surface area contributed by atoms with Gasteiger partial charge in [-0.3, -0.25) is 4.99 Å². The number of aliphatic hydroxyl groups is 1. The van der Waals surface area contributed by atoms with E-state index in [9.17, 15) is 5.11 Å². The maximum Gasteiger partial charge on any atom is 0.191 e. The molecule has 1 aromatic rings. The molecule has 1 aliphatic rings. The van der Waals surface area contributed by atoms with Gasteiger partial charge in [0.2, 0.25) is 0 Å². The lowest BCUT2D eigenvalue weighted by molar-refractivity contribution is 0.0724. The Bertz CT molecular complexity index is 473. The number of thioether (sulfide) groups is 1. The van der Waals surface area contributed by atoms with Crippen molar-refractivity contribution >= 4 is 41.7 Å². The van der Waals surface area contributed by atoms with Crippen LogP contribution < -0.4 is 10.6 Å². The Kier molecular flexibility index (Phi) is 7.35. The maximum atomic E-state index is 10.3. The van der Waals surface area contributed by atoms with Crippen LogP contribution in [0.15, 0.2) is 21.5 Å². The summed E-state index contributed by atoms with van der Waals surface area (Å²) < 4.78 is 5.59. The average Bonchev–Trinajstić information content (AvgIpc) is 3.04. The van der Waals surface area contributed by atoms with Gasteiger partial charge in [-0.1, -0.05) is 0 Å². The van der Waals surface area contributed by atoms with Gasteiger partial charge < -0.3 is 20.2 Å². The smallest absolute Gasteiger partial charge is 0.191 e. The van der Waals surface area contributed by atoms with Crippen LogP contribution >= 0.6 is 35.7 Å². The summed E-state index contributed by atoms with van der Waals surface area (Å²) in [6, 6.07) is 3.94. The molecule has 0 spiro atoms. The van der Waals surface area contributed by atoms with Crippen LogP contribution in [0.3, 0.4) is 0 Å². The number of hydrogen-bond acceptors (Lipinski definition) is 4. The van der Waals surface area contributed by atoms with Crippen molar-refractivity contribution < 1.29 is 9.52 Å². The topological polar surface area (TPSA) is 69.8 Å². The lowest BCUT2D eigenvalue weighted by atomic mass is 10.0. The molecule has 21 heavy (non-hydrogen) atoms. The number of aliphatic imine (C=N–C) groups is 1. The first kappa shape index (κ1) is 18.6. The van der Waals surface area contributed by atoms with E-state index in [4.69, 9.17) is 4.42 Å². The minimum atomic E-state index is -0.618. The number of hydrogen-bond donors (Lipinski definition) is 3. The maximum absolute atomic E-state index is 10.3. The first-order valence-corrected chi connectivity index (χ1v) is 8.01. The van der Waals surface area contributed by atoms with Crippen LogP contribution in [-0.4, -0.2) is 41.8 Å². The van der Waals surface area contributed by atoms with Crippen molar-refractivity contribution in [1.29, 1.82) is 0 Å². The first-order valence-electron chi connectivity index (χ1n) is 6.86. The van der Waals surface area contributed by atoms with Crippen molar-refractivity contribution in [2.24, 2.45) is 4.99 Å². The van der Waals surface area contributed by atoms with E-state index < -0.39 is 5.60 Å². The summed E-state index contributed by atoms with van der Waals surface area (Å²) in [5.41, 5.74) is -0.618. The van der Waals surface area contributed by atoms with Crippen LogP contribution in [0.4, 0.5) is 0 Å². The molecule has 0 radical (unpaired) electrons. The molecule has 1 fully saturated rings. The van der Waals surface area contributed by atoms with Gasteiger partial charge in [0, 0.05) is 19.3 Å². The minimum absolute atomic E-state index is 0. The van der Waals surface area contributed by atoms with Crippen LogP contribution in [0.1, 0.15) is 30.9 Å². The van der Waals surface area contributed by atoms with Crippen LogP contribution in [-0.2, 0) is 0 Å². The third kappa shape index (κ3) is 5.37. The fourth-order valence-corrected chi connectivity index (χ4v) is 3.44. The molecule has 2 rings (SSSR count). The molecule has 0 amide bonds. The molecular weight excluding hydrogens is 401 g/mol. The van der Waals surface area contributed by atoms with E-state index in [-0.39, 0.29) is 30.0 Å². The van der Waals surface area contributed by atoms with E-state index in [1.807, 2.05) is 26.0 Å². The molecule has 0 bridgehead atoms. The summed E-state index contributed by atoms with van der Waals surface area (Å²) in [4.78, 5) is 4.19. The van der Waals surface area contributed by atoms with Gasteiger partial charge in [-0.25, -0.2) is 0 Å². The van der Waals surface area contributed by atoms with Crippen molar-refractivity contribution in [2.75, 3.05) is 25.1 Å². The Hall–Kier alpha value is -0.410. The van der Waals surface area contributed by atoms with Gasteiger partial charge in [-0.05, 0) is 38.2 Å². The monoisotopic (exact) mass is 425 g/mol. The molecule has 1 saturated heterocycles. The van der Waals surface area contributed by atoms with E-state index >= 15 is 0 Å². The van der Waals surface area contributed by atoms with E-state index in [2.05, 4.69) is 15.6 Å². The van der Waals surface area contributed by atoms with Crippen LogP contribution in [0, 0.1) is 6.92 Å². The van der Waals surface area contributed by atoms with Crippen molar-refractivity contribution in [3.05, 3.63) is 23.7 Å². The number of halogens is 1. The van der Waals surface area contributed by atoms with Crippen molar-refractivity contribution in [3.8, 4) is 0 Å². The van der Waals surface area contributed by atoms with Gasteiger partial charge in [0.05, 0.1) is 11.6 Å². The number of furan rings is 1. The van der Waals surface area contributed by atoms with Gasteiger partial charge >= 0.3 is 0 Å². The van der Waals surface area contributed by atoms with Crippen molar-refractivity contribution in [1.82, 2.24) is 10.6 Å². The molecule has 2 atom stereocenters. The first-order chi connectivity index (χ1) is 9.52. The number of guanidine groups is 1. The molecule has 7 heteroatoms. The van der Waals surface area contributed by atoms with Gasteiger partial charge in [-0.2, -0.15) is 11.8 Å². The third-order valence-electron chi connectivity index (χ3n) is 3.43. The molecule has 0 aromatic carbocycles. The second kappa shape index (κ2) is 8.28. The normalized spacial score (nSPS) is 23.5. The third-order valence-corrected chi connectivity index (χ3v) is 4.67. The second-order valence-corrected chi connectivity index (χ2v) is 6.37. The fourth-order valence-electron chi connectivity index (χ4n) is 2.14. The Labute approximate surface area is 147 Å². The highest BCUT2D eigenvalue weighted by Gasteiger charge is 2.31. The van der Waals surface area contributed by atoms with Crippen LogP contribution in [0.2, 0.25) is 0 Å². The van der Waals surface area contributed by atoms with Gasteiger partial charge in [-0.15, -0.1) is 24.0 Å². The van der Waals surface area contributed by atoms with Crippen LogP contribution in [0.25, 0.3) is 0 Å². The lowest BCUT2D eigenvalue weighted by Crippen LogP contribution is -2.47. The summed E-state index contributed by atoms with van der Waals surface area (Å²) in [5.74, 6) is 4.25. The SMILES string of the molecule is CN=C(NCC1(O)CCSC1)NC(C)c1ccc(C)o1.I. The van der Waals surface area contributed by atoms with Crippen molar-refractivity contribution in [3.63, 3.8) is 0 Å². The highest BCUT2D eigenvalue weighted by Crippen LogP contribution is 2.26. The van der Waals surface area contributed by atoms with E-state index in [1.54, 1.807) is 18.8 Å². The zero-order valence-corrected chi connectivity index (χ0v) is 15.8. The molecule has 5 nitrogen and oxygen atoms in total. The predicted molar refractivity (Wildman–Crippen MR) is 98.7 cm³/mol. The van der Waals surface area contributed by atoms with Gasteiger partial charge in [0.1, 0.15) is 11.5 Å². The minimum Gasteiger partial charge on any atom is -0.464 e. The van der Waals surface area contributed by atoms with Crippen LogP contribution in [0.5, 0.6) is 0 Å². The molecule has 0 saturated carbocycles. The molecule has 1 aliphatic heterocycles. The predicted octanol–water partition coefficient (Wildman–Crippen LogP) is 2.30. The lowest BCUT2D eigenvalue weighted by Gasteiger charge is -2.24. The molecular formula is C14H24IN3O2S. The Morgan fingerprint density at radius 3 is 2.86 bits per heavy atom. The van der Waals surface area contributed by atoms with Crippen molar-refractivity contribution in [2.45, 2.75) is 31.9 Å². The average molecular weight is 425 g/mol. The molecule has 120 valence electrons. The second-order valence-electron chi connectivity index (χ2n) is 5.27. The van der Waals surface area contributed by atoms with Gasteiger partial charge in [0.15, 0.2) is 5.96 Å².